The average molecular weight is 320 g/mol. The van der Waals surface area contributed by atoms with Gasteiger partial charge in [-0.25, -0.2) is 4.98 Å². The van der Waals surface area contributed by atoms with Crippen molar-refractivity contribution in [1.29, 1.82) is 0 Å². The van der Waals surface area contributed by atoms with E-state index in [4.69, 9.17) is 4.74 Å². The molecule has 1 saturated carbocycles. The normalized spacial score (nSPS) is 28.0. The minimum Gasteiger partial charge on any atom is -0.383 e. The Morgan fingerprint density at radius 1 is 1.39 bits per heavy atom. The Kier molecular flexibility index (Phi) is 5.02. The summed E-state index contributed by atoms with van der Waals surface area (Å²) in [5.74, 6) is 1.38. The Hall–Kier alpha value is -1.40. The summed E-state index contributed by atoms with van der Waals surface area (Å²) >= 11 is 0. The number of ether oxygens (including phenoxy) is 1. The molecule has 0 radical (unpaired) electrons. The first-order valence-electron chi connectivity index (χ1n) is 8.64. The summed E-state index contributed by atoms with van der Waals surface area (Å²) in [6.07, 6.45) is 9.98. The largest absolute Gasteiger partial charge is 0.383 e. The molecule has 1 aliphatic heterocycles. The van der Waals surface area contributed by atoms with Crippen LogP contribution in [-0.2, 0) is 23.1 Å². The number of likely N-dealkylation sites (tertiary alicyclic amines) is 1. The predicted octanol–water partition coefficient (Wildman–Crippen LogP) is 1.46. The third kappa shape index (κ3) is 3.43. The van der Waals surface area contributed by atoms with E-state index < -0.39 is 0 Å². The zero-order valence-electron chi connectivity index (χ0n) is 14.3. The Morgan fingerprint density at radius 2 is 2.17 bits per heavy atom. The van der Waals surface area contributed by atoms with Crippen molar-refractivity contribution in [3.05, 3.63) is 18.2 Å². The number of hydrogen-bond donors (Lipinski definition) is 1. The first kappa shape index (κ1) is 16.5. The van der Waals surface area contributed by atoms with Crippen LogP contribution >= 0.6 is 0 Å². The molecular weight excluding hydrogens is 292 g/mol. The van der Waals surface area contributed by atoms with Crippen LogP contribution in [-0.4, -0.2) is 52.2 Å². The van der Waals surface area contributed by atoms with E-state index in [0.717, 1.165) is 51.0 Å². The fraction of sp³-hybridized carbons (Fsp3) is 0.765. The van der Waals surface area contributed by atoms with Gasteiger partial charge in [0.25, 0.3) is 0 Å². The zero-order chi connectivity index (χ0) is 16.3. The summed E-state index contributed by atoms with van der Waals surface area (Å²) in [4.78, 5) is 18.7. The molecule has 0 atom stereocenters. The maximum atomic E-state index is 12.2. The smallest absolute Gasteiger partial charge is 0.223 e. The lowest BCUT2D eigenvalue weighted by molar-refractivity contribution is -0.133. The molecule has 1 saturated heterocycles. The number of carbonyl (C=O) groups excluding carboxylic acids is 1. The molecule has 1 spiro atoms. The Labute approximate surface area is 138 Å². The first-order chi connectivity index (χ1) is 11.1. The minimum atomic E-state index is 0.0943. The highest BCUT2D eigenvalue weighted by molar-refractivity contribution is 5.79. The molecule has 0 bridgehead atoms. The van der Waals surface area contributed by atoms with Crippen molar-refractivity contribution in [3.63, 3.8) is 0 Å². The lowest BCUT2D eigenvalue weighted by Gasteiger charge is -2.44. The predicted molar refractivity (Wildman–Crippen MR) is 87.9 cm³/mol. The number of amides is 1. The van der Waals surface area contributed by atoms with Crippen LogP contribution in [0.2, 0.25) is 0 Å². The standard InChI is InChI=1S/C17H28N4O2/c1-20-10-9-18-15(20)13-19-14-3-6-17(7-4-14)8-5-16(22)21(17)11-12-23-2/h9-10,14,19H,3-8,11-13H2,1-2H3. The summed E-state index contributed by atoms with van der Waals surface area (Å²) in [7, 11) is 3.73. The molecule has 6 nitrogen and oxygen atoms in total. The van der Waals surface area contributed by atoms with E-state index >= 15 is 0 Å². The van der Waals surface area contributed by atoms with Gasteiger partial charge in [-0.2, -0.15) is 0 Å². The molecule has 1 N–H and O–H groups in total. The number of nitrogens with zero attached hydrogens (tertiary/aromatic N) is 3. The SMILES string of the molecule is COCCN1C(=O)CCC12CCC(NCc1nccn1C)CC2. The second-order valence-corrected chi connectivity index (χ2v) is 6.87. The van der Waals surface area contributed by atoms with Gasteiger partial charge in [-0.1, -0.05) is 0 Å². The number of rotatable bonds is 6. The van der Waals surface area contributed by atoms with Gasteiger partial charge in [0.05, 0.1) is 13.2 Å². The average Bonchev–Trinajstić information content (AvgIpc) is 3.10. The Morgan fingerprint density at radius 3 is 2.83 bits per heavy atom. The maximum absolute atomic E-state index is 12.2. The van der Waals surface area contributed by atoms with Gasteiger partial charge >= 0.3 is 0 Å². The maximum Gasteiger partial charge on any atom is 0.223 e. The topological polar surface area (TPSA) is 59.4 Å². The van der Waals surface area contributed by atoms with E-state index in [1.165, 1.54) is 0 Å². The van der Waals surface area contributed by atoms with Crippen molar-refractivity contribution >= 4 is 5.91 Å². The van der Waals surface area contributed by atoms with Crippen molar-refractivity contribution in [2.24, 2.45) is 7.05 Å². The number of imidazole rings is 1. The number of aromatic nitrogens is 2. The molecule has 0 aromatic carbocycles. The van der Waals surface area contributed by atoms with Crippen molar-refractivity contribution in [1.82, 2.24) is 19.8 Å². The molecule has 1 aliphatic carbocycles. The molecule has 3 rings (SSSR count). The van der Waals surface area contributed by atoms with Gasteiger partial charge in [-0.05, 0) is 32.1 Å². The molecule has 6 heteroatoms. The molecule has 0 unspecified atom stereocenters. The van der Waals surface area contributed by atoms with E-state index in [-0.39, 0.29) is 5.54 Å². The highest BCUT2D eigenvalue weighted by Gasteiger charge is 2.46. The monoisotopic (exact) mass is 320 g/mol. The Bertz CT molecular complexity index is 534. The first-order valence-corrected chi connectivity index (χ1v) is 8.64. The second kappa shape index (κ2) is 7.01. The number of nitrogens with one attached hydrogen (secondary N) is 1. The zero-order valence-corrected chi connectivity index (χ0v) is 14.3. The molecule has 1 aromatic rings. The summed E-state index contributed by atoms with van der Waals surface area (Å²) in [5, 5.41) is 3.63. The van der Waals surface area contributed by atoms with E-state index in [0.29, 0.717) is 25.0 Å². The summed E-state index contributed by atoms with van der Waals surface area (Å²) in [5.41, 5.74) is 0.0943. The van der Waals surface area contributed by atoms with Crippen molar-refractivity contribution in [3.8, 4) is 0 Å². The Balaban J connectivity index is 1.53. The van der Waals surface area contributed by atoms with Crippen LogP contribution in [0.1, 0.15) is 44.3 Å². The van der Waals surface area contributed by atoms with Crippen LogP contribution in [0, 0.1) is 0 Å². The fourth-order valence-corrected chi connectivity index (χ4v) is 4.10. The van der Waals surface area contributed by atoms with Crippen LogP contribution in [0.15, 0.2) is 12.4 Å². The van der Waals surface area contributed by atoms with Crippen LogP contribution in [0.4, 0.5) is 0 Å². The van der Waals surface area contributed by atoms with E-state index in [1.54, 1.807) is 7.11 Å². The highest BCUT2D eigenvalue weighted by Crippen LogP contribution is 2.42. The number of methoxy groups -OCH3 is 1. The van der Waals surface area contributed by atoms with Crippen molar-refractivity contribution in [2.75, 3.05) is 20.3 Å². The van der Waals surface area contributed by atoms with Crippen molar-refractivity contribution in [2.45, 2.75) is 56.7 Å². The molecule has 2 heterocycles. The van der Waals surface area contributed by atoms with E-state index in [1.807, 2.05) is 19.4 Å². The lowest BCUT2D eigenvalue weighted by atomic mass is 9.77. The molecule has 2 fully saturated rings. The van der Waals surface area contributed by atoms with Gasteiger partial charge in [0.15, 0.2) is 0 Å². The molecule has 23 heavy (non-hydrogen) atoms. The van der Waals surface area contributed by atoms with Crippen LogP contribution < -0.4 is 5.32 Å². The van der Waals surface area contributed by atoms with Gasteiger partial charge < -0.3 is 19.5 Å². The summed E-state index contributed by atoms with van der Waals surface area (Å²) < 4.78 is 7.24. The van der Waals surface area contributed by atoms with Gasteiger partial charge in [-0.15, -0.1) is 0 Å². The third-order valence-electron chi connectivity index (χ3n) is 5.58. The summed E-state index contributed by atoms with van der Waals surface area (Å²) in [6.45, 7) is 2.18. The number of carbonyl (C=O) groups is 1. The highest BCUT2D eigenvalue weighted by atomic mass is 16.5. The van der Waals surface area contributed by atoms with E-state index in [2.05, 4.69) is 19.8 Å². The number of aryl methyl sites for hydroxylation is 1. The second-order valence-electron chi connectivity index (χ2n) is 6.87. The van der Waals surface area contributed by atoms with Crippen LogP contribution in [0.25, 0.3) is 0 Å². The van der Waals surface area contributed by atoms with Crippen LogP contribution in [0.3, 0.4) is 0 Å². The van der Waals surface area contributed by atoms with Gasteiger partial charge in [0.2, 0.25) is 5.91 Å². The third-order valence-corrected chi connectivity index (χ3v) is 5.58. The van der Waals surface area contributed by atoms with Crippen molar-refractivity contribution < 1.29 is 9.53 Å². The van der Waals surface area contributed by atoms with Crippen LogP contribution in [0.5, 0.6) is 0 Å². The summed E-state index contributed by atoms with van der Waals surface area (Å²) in [6, 6.07) is 0.525. The van der Waals surface area contributed by atoms with Gasteiger partial charge in [0.1, 0.15) is 5.82 Å². The molecule has 1 amide bonds. The molecule has 128 valence electrons. The molecule has 2 aliphatic rings. The minimum absolute atomic E-state index is 0.0943. The lowest BCUT2D eigenvalue weighted by Crippen LogP contribution is -2.51. The van der Waals surface area contributed by atoms with Gasteiger partial charge in [-0.3, -0.25) is 4.79 Å². The van der Waals surface area contributed by atoms with Gasteiger partial charge in [0, 0.05) is 51.1 Å². The molecular formula is C17H28N4O2. The quantitative estimate of drug-likeness (QED) is 0.862. The number of hydrogen-bond acceptors (Lipinski definition) is 4. The van der Waals surface area contributed by atoms with E-state index in [9.17, 15) is 4.79 Å². The molecule has 1 aromatic heterocycles. The fourth-order valence-electron chi connectivity index (χ4n) is 4.10.